The molecule has 1 aliphatic carbocycles. The lowest BCUT2D eigenvalue weighted by molar-refractivity contribution is 0.0942. The van der Waals surface area contributed by atoms with Crippen LogP contribution in [0.25, 0.3) is 0 Å². The minimum atomic E-state index is -3.20. The second kappa shape index (κ2) is 7.45. The predicted molar refractivity (Wildman–Crippen MR) is 98.8 cm³/mol. The van der Waals surface area contributed by atoms with Crippen LogP contribution < -0.4 is 10.1 Å². The molecule has 7 heteroatoms. The van der Waals surface area contributed by atoms with Gasteiger partial charge in [0.05, 0.1) is 4.75 Å². The number of carbonyl (C=O) groups excluding carboxylic acids is 1. The lowest BCUT2D eigenvalue weighted by Crippen LogP contribution is -2.53. The van der Waals surface area contributed by atoms with Crippen molar-refractivity contribution in [2.24, 2.45) is 0 Å². The van der Waals surface area contributed by atoms with Crippen molar-refractivity contribution >= 4 is 15.7 Å². The van der Waals surface area contributed by atoms with Gasteiger partial charge in [0.15, 0.2) is 9.84 Å². The molecule has 0 saturated heterocycles. The largest absolute Gasteiger partial charge is 0.489 e. The minimum Gasteiger partial charge on any atom is -0.489 e. The fourth-order valence-electron chi connectivity index (χ4n) is 2.97. The number of carbonyl (C=O) groups is 1. The maximum Gasteiger partial charge on any atom is 0.251 e. The van der Waals surface area contributed by atoms with Crippen LogP contribution in [0.4, 0.5) is 0 Å². The smallest absolute Gasteiger partial charge is 0.251 e. The topological polar surface area (TPSA) is 85.4 Å². The Labute approximate surface area is 153 Å². The summed E-state index contributed by atoms with van der Waals surface area (Å²) in [6.07, 6.45) is 6.73. The number of aromatic nitrogens is 1. The van der Waals surface area contributed by atoms with Crippen molar-refractivity contribution in [1.82, 2.24) is 10.3 Å². The van der Waals surface area contributed by atoms with Crippen LogP contribution in [0, 0.1) is 0 Å². The molecule has 6 nitrogen and oxygen atoms in total. The third-order valence-corrected chi connectivity index (χ3v) is 6.97. The molecule has 1 fully saturated rings. The number of sulfone groups is 1. The first-order valence-corrected chi connectivity index (χ1v) is 10.4. The Morgan fingerprint density at radius 1 is 1.27 bits per heavy atom. The zero-order valence-electron chi connectivity index (χ0n) is 14.6. The second-order valence-electron chi connectivity index (χ2n) is 6.67. The molecule has 138 valence electrons. The van der Waals surface area contributed by atoms with E-state index in [2.05, 4.69) is 10.3 Å². The van der Waals surface area contributed by atoms with Crippen LogP contribution in [0.2, 0.25) is 0 Å². The lowest BCUT2D eigenvalue weighted by Gasteiger charge is -2.39. The fraction of sp³-hybridized carbons (Fsp3) is 0.368. The molecule has 1 aromatic carbocycles. The first-order valence-electron chi connectivity index (χ1n) is 8.49. The van der Waals surface area contributed by atoms with Crippen molar-refractivity contribution in [2.75, 3.05) is 12.8 Å². The minimum absolute atomic E-state index is 0.144. The van der Waals surface area contributed by atoms with E-state index in [0.717, 1.165) is 12.0 Å². The summed E-state index contributed by atoms with van der Waals surface area (Å²) in [5, 5.41) is 2.77. The van der Waals surface area contributed by atoms with E-state index < -0.39 is 14.6 Å². The monoisotopic (exact) mass is 374 g/mol. The van der Waals surface area contributed by atoms with E-state index >= 15 is 0 Å². The van der Waals surface area contributed by atoms with Crippen LogP contribution in [0.3, 0.4) is 0 Å². The fourth-order valence-corrected chi connectivity index (χ4v) is 4.34. The summed E-state index contributed by atoms with van der Waals surface area (Å²) in [5.74, 6) is 0.273. The van der Waals surface area contributed by atoms with E-state index in [9.17, 15) is 13.2 Å². The molecule has 1 saturated carbocycles. The van der Waals surface area contributed by atoms with Crippen LogP contribution in [-0.4, -0.2) is 36.9 Å². The maximum absolute atomic E-state index is 12.4. The zero-order chi connectivity index (χ0) is 18.6. The number of hydrogen-bond donors (Lipinski definition) is 1. The molecule has 1 heterocycles. The van der Waals surface area contributed by atoms with Gasteiger partial charge in [-0.15, -0.1) is 0 Å². The number of benzene rings is 1. The predicted octanol–water partition coefficient (Wildman–Crippen LogP) is 2.36. The number of amides is 1. The van der Waals surface area contributed by atoms with Gasteiger partial charge < -0.3 is 10.1 Å². The van der Waals surface area contributed by atoms with Gasteiger partial charge in [-0.2, -0.15) is 0 Å². The number of rotatable bonds is 7. The average Bonchev–Trinajstić information content (AvgIpc) is 2.59. The maximum atomic E-state index is 12.4. The highest BCUT2D eigenvalue weighted by molar-refractivity contribution is 7.92. The molecule has 1 aromatic heterocycles. The molecule has 26 heavy (non-hydrogen) atoms. The molecule has 0 unspecified atom stereocenters. The highest BCUT2D eigenvalue weighted by Gasteiger charge is 2.46. The van der Waals surface area contributed by atoms with E-state index in [1.165, 1.54) is 6.26 Å². The van der Waals surface area contributed by atoms with E-state index in [4.69, 9.17) is 4.74 Å². The quantitative estimate of drug-likeness (QED) is 0.804. The number of nitrogens with one attached hydrogen (secondary N) is 1. The molecule has 2 aromatic rings. The second-order valence-corrected chi connectivity index (χ2v) is 9.08. The molecular weight excluding hydrogens is 352 g/mol. The van der Waals surface area contributed by atoms with Crippen molar-refractivity contribution in [3.8, 4) is 5.75 Å². The van der Waals surface area contributed by atoms with Crippen molar-refractivity contribution in [3.05, 3.63) is 59.9 Å². The summed E-state index contributed by atoms with van der Waals surface area (Å²) in [4.78, 5) is 16.4. The summed E-state index contributed by atoms with van der Waals surface area (Å²) in [6, 6.07) is 10.6. The van der Waals surface area contributed by atoms with E-state index in [0.29, 0.717) is 30.8 Å². The molecule has 0 bridgehead atoms. The van der Waals surface area contributed by atoms with Gasteiger partial charge in [0, 0.05) is 36.3 Å². The van der Waals surface area contributed by atoms with Gasteiger partial charge in [0.1, 0.15) is 12.4 Å². The summed E-state index contributed by atoms with van der Waals surface area (Å²) in [7, 11) is -3.20. The molecule has 0 spiro atoms. The zero-order valence-corrected chi connectivity index (χ0v) is 15.5. The van der Waals surface area contributed by atoms with Gasteiger partial charge >= 0.3 is 0 Å². The highest BCUT2D eigenvalue weighted by Crippen LogP contribution is 2.38. The summed E-state index contributed by atoms with van der Waals surface area (Å²) in [5.41, 5.74) is 1.37. The number of nitrogens with zero attached hydrogens (tertiary/aromatic N) is 1. The van der Waals surface area contributed by atoms with Crippen LogP contribution in [0.15, 0.2) is 48.8 Å². The van der Waals surface area contributed by atoms with Gasteiger partial charge in [-0.3, -0.25) is 9.78 Å². The van der Waals surface area contributed by atoms with Gasteiger partial charge in [-0.25, -0.2) is 8.42 Å². The van der Waals surface area contributed by atoms with Gasteiger partial charge in [0.25, 0.3) is 5.91 Å². The molecular formula is C19H22N2O4S. The summed E-state index contributed by atoms with van der Waals surface area (Å²) in [6.45, 7) is 0.502. The number of hydrogen-bond acceptors (Lipinski definition) is 5. The van der Waals surface area contributed by atoms with Gasteiger partial charge in [-0.1, -0.05) is 18.6 Å². The van der Waals surface area contributed by atoms with Crippen molar-refractivity contribution < 1.29 is 17.9 Å². The Morgan fingerprint density at radius 3 is 2.69 bits per heavy atom. The van der Waals surface area contributed by atoms with Crippen LogP contribution in [-0.2, 0) is 16.4 Å². The SMILES string of the molecule is CS(=O)(=O)C1(CNC(=O)c2cccc(OCc3cccnc3)c2)CCC1. The Morgan fingerprint density at radius 2 is 2.08 bits per heavy atom. The van der Waals surface area contributed by atoms with E-state index in [1.807, 2.05) is 12.1 Å². The number of pyridine rings is 1. The first kappa shape index (κ1) is 18.4. The Hall–Kier alpha value is -2.41. The standard InChI is InChI=1S/C19H22N2O4S/c1-26(23,24)19(8-4-9-19)14-21-18(22)16-6-2-7-17(11-16)25-13-15-5-3-10-20-12-15/h2-3,5-7,10-12H,4,8-9,13-14H2,1H3,(H,21,22). The van der Waals surface area contributed by atoms with Crippen molar-refractivity contribution in [3.63, 3.8) is 0 Å². The van der Waals surface area contributed by atoms with E-state index in [1.54, 1.807) is 36.7 Å². The van der Waals surface area contributed by atoms with Crippen LogP contribution in [0.5, 0.6) is 5.75 Å². The molecule has 3 rings (SSSR count). The van der Waals surface area contributed by atoms with Gasteiger partial charge in [-0.05, 0) is 37.1 Å². The third-order valence-electron chi connectivity index (χ3n) is 4.85. The Balaban J connectivity index is 1.61. The first-order chi connectivity index (χ1) is 12.4. The molecule has 0 radical (unpaired) electrons. The highest BCUT2D eigenvalue weighted by atomic mass is 32.2. The van der Waals surface area contributed by atoms with Crippen LogP contribution >= 0.6 is 0 Å². The molecule has 1 N–H and O–H groups in total. The number of ether oxygens (including phenoxy) is 1. The summed E-state index contributed by atoms with van der Waals surface area (Å²) >= 11 is 0. The van der Waals surface area contributed by atoms with Crippen LogP contribution in [0.1, 0.15) is 35.2 Å². The molecule has 0 aliphatic heterocycles. The van der Waals surface area contributed by atoms with E-state index in [-0.39, 0.29) is 12.5 Å². The lowest BCUT2D eigenvalue weighted by atomic mass is 9.84. The van der Waals surface area contributed by atoms with Gasteiger partial charge in [0.2, 0.25) is 0 Å². The molecule has 1 aliphatic rings. The summed E-state index contributed by atoms with van der Waals surface area (Å²) < 4.78 is 28.9. The normalized spacial score (nSPS) is 15.7. The Kier molecular flexibility index (Phi) is 5.27. The third kappa shape index (κ3) is 4.04. The molecule has 0 atom stereocenters. The van der Waals surface area contributed by atoms with Crippen molar-refractivity contribution in [1.29, 1.82) is 0 Å². The van der Waals surface area contributed by atoms with Crippen molar-refractivity contribution in [2.45, 2.75) is 30.6 Å². The average molecular weight is 374 g/mol. The molecule has 1 amide bonds. The Bertz CT molecular complexity index is 877.